The summed E-state index contributed by atoms with van der Waals surface area (Å²) < 4.78 is 13.0. The summed E-state index contributed by atoms with van der Waals surface area (Å²) >= 11 is 0. The van der Waals surface area contributed by atoms with E-state index in [1.807, 2.05) is 0 Å². The van der Waals surface area contributed by atoms with Crippen LogP contribution in [0.4, 0.5) is 0 Å². The molecule has 1 aliphatic rings. The maximum atomic E-state index is 7.12. The number of benzene rings is 1. The van der Waals surface area contributed by atoms with E-state index in [1.54, 1.807) is 7.11 Å². The Balaban J connectivity index is 2.31. The van der Waals surface area contributed by atoms with Crippen molar-refractivity contribution in [3.63, 3.8) is 0 Å². The van der Waals surface area contributed by atoms with E-state index < -0.39 is 8.32 Å². The van der Waals surface area contributed by atoms with E-state index >= 15 is 0 Å². The van der Waals surface area contributed by atoms with E-state index in [-0.39, 0.29) is 6.10 Å². The molecule has 0 radical (unpaired) electrons. The number of hydrogen-bond acceptors (Lipinski definition) is 3. The summed E-state index contributed by atoms with van der Waals surface area (Å²) in [5.41, 5.74) is 3.09. The normalized spacial score (nSPS) is 22.7. The number of ether oxygens (including phenoxy) is 1. The van der Waals surface area contributed by atoms with E-state index in [9.17, 15) is 0 Å². The Labute approximate surface area is 187 Å². The number of methoxy groups -OCH3 is 1. The van der Waals surface area contributed by atoms with Crippen LogP contribution in [-0.4, -0.2) is 28.0 Å². The molecule has 1 saturated carbocycles. The Morgan fingerprint density at radius 2 is 1.80 bits per heavy atom. The Hall–Kier alpha value is -0.843. The molecule has 0 aliphatic heterocycles. The van der Waals surface area contributed by atoms with E-state index in [0.29, 0.717) is 17.4 Å². The highest BCUT2D eigenvalue weighted by atomic mass is 28.4. The number of rotatable bonds is 11. The van der Waals surface area contributed by atoms with Crippen molar-refractivity contribution in [1.82, 2.24) is 5.32 Å². The molecule has 0 bridgehead atoms. The van der Waals surface area contributed by atoms with Gasteiger partial charge in [0.25, 0.3) is 0 Å². The molecule has 2 rings (SSSR count). The topological polar surface area (TPSA) is 30.5 Å². The van der Waals surface area contributed by atoms with Gasteiger partial charge in [-0.15, -0.1) is 0 Å². The van der Waals surface area contributed by atoms with Crippen molar-refractivity contribution >= 4 is 8.32 Å². The lowest BCUT2D eigenvalue weighted by molar-refractivity contribution is 0.126. The Morgan fingerprint density at radius 1 is 1.13 bits per heavy atom. The maximum Gasteiger partial charge on any atom is 0.192 e. The minimum atomic E-state index is -1.76. The second-order valence-corrected chi connectivity index (χ2v) is 14.9. The van der Waals surface area contributed by atoms with Crippen LogP contribution >= 0.6 is 0 Å². The van der Waals surface area contributed by atoms with Crippen LogP contribution in [0.15, 0.2) is 18.2 Å². The molecule has 3 atom stereocenters. The maximum absolute atomic E-state index is 7.12. The third-order valence-corrected chi connectivity index (χ3v) is 12.3. The Morgan fingerprint density at radius 3 is 2.33 bits per heavy atom. The molecule has 172 valence electrons. The number of hydrogen-bond donors (Lipinski definition) is 1. The second-order valence-electron chi connectivity index (χ2n) is 10.1. The fourth-order valence-electron chi connectivity index (χ4n) is 5.45. The van der Waals surface area contributed by atoms with Gasteiger partial charge in [-0.1, -0.05) is 60.6 Å². The molecule has 0 aromatic heterocycles. The average Bonchev–Trinajstić information content (AvgIpc) is 2.74. The van der Waals surface area contributed by atoms with Crippen molar-refractivity contribution in [3.8, 4) is 5.75 Å². The predicted octanol–water partition coefficient (Wildman–Crippen LogP) is 7.12. The van der Waals surface area contributed by atoms with Crippen LogP contribution in [-0.2, 0) is 10.8 Å². The summed E-state index contributed by atoms with van der Waals surface area (Å²) in [5.74, 6) is 1.67. The van der Waals surface area contributed by atoms with E-state index in [4.69, 9.17) is 9.16 Å². The van der Waals surface area contributed by atoms with Gasteiger partial charge in [-0.3, -0.25) is 0 Å². The summed E-state index contributed by atoms with van der Waals surface area (Å²) in [6.07, 6.45) is 4.91. The van der Waals surface area contributed by atoms with E-state index in [1.165, 1.54) is 48.5 Å². The van der Waals surface area contributed by atoms with Crippen LogP contribution in [0.5, 0.6) is 5.75 Å². The molecular weight excluding hydrogens is 386 g/mol. The fraction of sp³-hybridized carbons (Fsp3) is 0.769. The molecule has 1 aliphatic carbocycles. The summed E-state index contributed by atoms with van der Waals surface area (Å²) in [7, 11) is 0.0329. The monoisotopic (exact) mass is 433 g/mol. The lowest BCUT2D eigenvalue weighted by Crippen LogP contribution is -2.45. The zero-order chi connectivity index (χ0) is 22.4. The average molecular weight is 434 g/mol. The molecule has 1 aromatic carbocycles. The molecule has 2 unspecified atom stereocenters. The van der Waals surface area contributed by atoms with Crippen molar-refractivity contribution in [2.75, 3.05) is 13.7 Å². The van der Waals surface area contributed by atoms with Crippen molar-refractivity contribution in [1.29, 1.82) is 0 Å². The number of nitrogens with one attached hydrogen (secondary N) is 1. The molecule has 0 heterocycles. The zero-order valence-electron chi connectivity index (χ0n) is 20.9. The molecule has 0 amide bonds. The molecule has 0 saturated heterocycles. The molecule has 1 fully saturated rings. The van der Waals surface area contributed by atoms with Gasteiger partial charge in [0.1, 0.15) is 5.75 Å². The summed E-state index contributed by atoms with van der Waals surface area (Å²) in [5, 5.41) is 3.95. The highest BCUT2D eigenvalue weighted by Crippen LogP contribution is 2.40. The lowest BCUT2D eigenvalue weighted by atomic mass is 9.70. The third-order valence-electron chi connectivity index (χ3n) is 7.66. The lowest BCUT2D eigenvalue weighted by Gasteiger charge is -2.41. The van der Waals surface area contributed by atoms with Crippen molar-refractivity contribution < 1.29 is 9.16 Å². The molecule has 1 aromatic rings. The van der Waals surface area contributed by atoms with Crippen LogP contribution in [0.25, 0.3) is 0 Å². The van der Waals surface area contributed by atoms with E-state index in [2.05, 4.69) is 72.0 Å². The van der Waals surface area contributed by atoms with Gasteiger partial charge in [-0.2, -0.15) is 0 Å². The van der Waals surface area contributed by atoms with Crippen molar-refractivity contribution in [2.24, 2.45) is 11.3 Å². The van der Waals surface area contributed by atoms with Gasteiger partial charge in [-0.05, 0) is 66.8 Å². The minimum absolute atomic E-state index is 0.0600. The molecular formula is C26H47NO2Si. The Kier molecular flexibility index (Phi) is 9.45. The van der Waals surface area contributed by atoms with Gasteiger partial charge in [0.15, 0.2) is 8.32 Å². The van der Waals surface area contributed by atoms with Crippen LogP contribution in [0, 0.1) is 11.3 Å². The van der Waals surface area contributed by atoms with Crippen molar-refractivity contribution in [3.05, 3.63) is 29.3 Å². The first-order chi connectivity index (χ1) is 14.2. The van der Waals surface area contributed by atoms with Crippen LogP contribution < -0.4 is 10.1 Å². The summed E-state index contributed by atoms with van der Waals surface area (Å²) in [4.78, 5) is 0. The van der Waals surface area contributed by atoms with Gasteiger partial charge < -0.3 is 14.5 Å². The zero-order valence-corrected chi connectivity index (χ0v) is 21.9. The van der Waals surface area contributed by atoms with Crippen LogP contribution in [0.3, 0.4) is 0 Å². The first-order valence-electron chi connectivity index (χ1n) is 12.3. The highest BCUT2D eigenvalue weighted by molar-refractivity contribution is 6.73. The Bertz CT molecular complexity index is 626. The quantitative estimate of drug-likeness (QED) is 0.377. The largest absolute Gasteiger partial charge is 0.496 e. The van der Waals surface area contributed by atoms with Gasteiger partial charge in [0.2, 0.25) is 0 Å². The number of aryl methyl sites for hydroxylation is 1. The molecule has 1 N–H and O–H groups in total. The van der Waals surface area contributed by atoms with Crippen molar-refractivity contribution in [2.45, 2.75) is 104 Å². The summed E-state index contributed by atoms with van der Waals surface area (Å²) in [6.45, 7) is 17.3. The van der Waals surface area contributed by atoms with Gasteiger partial charge in [0.05, 0.1) is 13.2 Å². The third kappa shape index (κ3) is 6.11. The molecule has 4 heteroatoms. The smallest absolute Gasteiger partial charge is 0.192 e. The second kappa shape index (κ2) is 11.1. The predicted molar refractivity (Wildman–Crippen MR) is 132 cm³/mol. The first-order valence-corrected chi connectivity index (χ1v) is 14.8. The van der Waals surface area contributed by atoms with Crippen LogP contribution in [0.2, 0.25) is 18.1 Å². The molecule has 30 heavy (non-hydrogen) atoms. The molecule has 3 nitrogen and oxygen atoms in total. The summed E-state index contributed by atoms with van der Waals surface area (Å²) in [6, 6.07) is 10.5. The molecule has 0 spiro atoms. The SMILES string of the molecule is CCc1cccc(OC)c1C(CNC1CCC(C)(C)C[C@@H]1C)O[Si](CC)(CC)CC. The van der Waals surface area contributed by atoms with Gasteiger partial charge in [0, 0.05) is 18.2 Å². The van der Waals surface area contributed by atoms with Gasteiger partial charge >= 0.3 is 0 Å². The fourth-order valence-corrected chi connectivity index (χ4v) is 8.26. The van der Waals surface area contributed by atoms with Crippen LogP contribution in [0.1, 0.15) is 85.0 Å². The first kappa shape index (κ1) is 25.4. The van der Waals surface area contributed by atoms with E-state index in [0.717, 1.165) is 18.7 Å². The highest BCUT2D eigenvalue weighted by Gasteiger charge is 2.36. The standard InChI is InChI=1S/C26H47NO2Si/c1-9-21-14-13-15-23(28-8)25(21)24(29-30(10-2,11-3)12-4)19-27-22-16-17-26(6,7)18-20(22)5/h13-15,20,22,24,27H,9-12,16-19H2,1-8H3/t20-,22?,24?/m0/s1. The minimum Gasteiger partial charge on any atom is -0.496 e. The van der Waals surface area contributed by atoms with Gasteiger partial charge in [-0.25, -0.2) is 0 Å².